The Morgan fingerprint density at radius 1 is 1.15 bits per heavy atom. The van der Waals surface area contributed by atoms with Gasteiger partial charge in [-0.1, -0.05) is 42.3 Å². The molecule has 2 aromatic carbocycles. The van der Waals surface area contributed by atoms with Crippen molar-refractivity contribution in [3.8, 4) is 0 Å². The lowest BCUT2D eigenvalue weighted by Crippen LogP contribution is -2.30. The number of fused-ring (bicyclic) bond motifs is 2. The van der Waals surface area contributed by atoms with E-state index >= 15 is 0 Å². The van der Waals surface area contributed by atoms with Gasteiger partial charge in [0.05, 0.1) is 33.5 Å². The van der Waals surface area contributed by atoms with E-state index in [0.717, 1.165) is 45.8 Å². The highest BCUT2D eigenvalue weighted by molar-refractivity contribution is 8.01. The summed E-state index contributed by atoms with van der Waals surface area (Å²) in [6.07, 6.45) is 3.61. The van der Waals surface area contributed by atoms with Crippen LogP contribution in [0, 0.1) is 18.8 Å². The number of hydrogen-bond acceptors (Lipinski definition) is 6. The molecular formula is C24H22ClN3O3S2. The third-order valence-electron chi connectivity index (χ3n) is 6.25. The van der Waals surface area contributed by atoms with Gasteiger partial charge in [0.2, 0.25) is 17.7 Å². The van der Waals surface area contributed by atoms with E-state index in [-0.39, 0.29) is 35.3 Å². The second-order valence-electron chi connectivity index (χ2n) is 8.44. The molecule has 3 amide bonds. The van der Waals surface area contributed by atoms with Crippen LogP contribution in [-0.4, -0.2) is 28.5 Å². The van der Waals surface area contributed by atoms with Crippen LogP contribution in [0.3, 0.4) is 0 Å². The molecule has 33 heavy (non-hydrogen) atoms. The fraction of sp³-hybridized carbons (Fsp3) is 0.333. The Morgan fingerprint density at radius 3 is 2.61 bits per heavy atom. The zero-order valence-electron chi connectivity index (χ0n) is 18.0. The van der Waals surface area contributed by atoms with E-state index < -0.39 is 0 Å². The maximum absolute atomic E-state index is 12.9. The molecule has 1 saturated carbocycles. The van der Waals surface area contributed by atoms with E-state index in [1.807, 2.05) is 25.1 Å². The summed E-state index contributed by atoms with van der Waals surface area (Å²) in [6.45, 7) is 1.91. The van der Waals surface area contributed by atoms with Crippen molar-refractivity contribution in [1.82, 2.24) is 4.98 Å². The molecule has 0 radical (unpaired) electrons. The van der Waals surface area contributed by atoms with E-state index in [1.54, 1.807) is 18.2 Å². The zero-order valence-corrected chi connectivity index (χ0v) is 20.4. The minimum Gasteiger partial charge on any atom is -0.325 e. The molecule has 2 heterocycles. The third kappa shape index (κ3) is 4.39. The molecule has 0 bridgehead atoms. The number of aromatic nitrogens is 1. The summed E-state index contributed by atoms with van der Waals surface area (Å²) < 4.78 is 1.64. The number of nitrogens with zero attached hydrogens (tertiary/aromatic N) is 2. The lowest BCUT2D eigenvalue weighted by atomic mass is 9.81. The van der Waals surface area contributed by atoms with Gasteiger partial charge in [-0.2, -0.15) is 0 Å². The number of halogens is 1. The summed E-state index contributed by atoms with van der Waals surface area (Å²) >= 11 is 8.83. The molecule has 1 aromatic heterocycles. The monoisotopic (exact) mass is 499 g/mol. The molecule has 1 aliphatic carbocycles. The first-order valence-corrected chi connectivity index (χ1v) is 13.1. The molecule has 3 aromatic rings. The van der Waals surface area contributed by atoms with Crippen LogP contribution in [0.4, 0.5) is 11.4 Å². The Kier molecular flexibility index (Phi) is 6.16. The lowest BCUT2D eigenvalue weighted by molar-refractivity contribution is -0.122. The average molecular weight is 500 g/mol. The molecule has 170 valence electrons. The topological polar surface area (TPSA) is 79.4 Å². The van der Waals surface area contributed by atoms with Crippen LogP contribution in [0.25, 0.3) is 10.2 Å². The Bertz CT molecular complexity index is 1250. The third-order valence-corrected chi connectivity index (χ3v) is 8.65. The number of thiazole rings is 1. The Balaban J connectivity index is 1.29. The number of thioether (sulfide) groups is 1. The first-order valence-electron chi connectivity index (χ1n) is 10.9. The maximum Gasteiger partial charge on any atom is 0.237 e. The predicted octanol–water partition coefficient (Wildman–Crippen LogP) is 5.67. The lowest BCUT2D eigenvalue weighted by Gasteiger charge is -2.19. The van der Waals surface area contributed by atoms with Gasteiger partial charge in [-0.05, 0) is 55.7 Å². The van der Waals surface area contributed by atoms with E-state index in [0.29, 0.717) is 16.4 Å². The van der Waals surface area contributed by atoms with Crippen LogP contribution < -0.4 is 10.2 Å². The number of benzene rings is 2. The summed E-state index contributed by atoms with van der Waals surface area (Å²) in [5.74, 6) is -0.411. The summed E-state index contributed by atoms with van der Waals surface area (Å²) in [6, 6.07) is 10.9. The van der Waals surface area contributed by atoms with Crippen LogP contribution in [0.1, 0.15) is 31.2 Å². The van der Waals surface area contributed by atoms with Crippen molar-refractivity contribution in [3.05, 3.63) is 47.0 Å². The fourth-order valence-corrected chi connectivity index (χ4v) is 6.63. The number of imide groups is 1. The number of aryl methyl sites for hydroxylation is 1. The molecule has 1 N–H and O–H groups in total. The first-order chi connectivity index (χ1) is 15.9. The number of amides is 3. The summed E-state index contributed by atoms with van der Waals surface area (Å²) in [4.78, 5) is 44.2. The number of carbonyl (C=O) groups excluding carboxylic acids is 3. The molecule has 9 heteroatoms. The van der Waals surface area contributed by atoms with Crippen molar-refractivity contribution < 1.29 is 14.4 Å². The standard InChI is InChI=1S/C24H22ClN3O3S2/c1-13-6-7-14(25)10-19(13)26-21(29)12-32-24-27-18-9-8-15(11-20(18)33-24)28-22(30)16-4-2-3-5-17(16)23(28)31/h6-11,16-17H,2-5,12H2,1H3,(H,26,29)/t16-,17-/m0/s1. The van der Waals surface area contributed by atoms with Crippen LogP contribution in [0.2, 0.25) is 5.02 Å². The first kappa shape index (κ1) is 22.4. The molecule has 0 spiro atoms. The van der Waals surface area contributed by atoms with Crippen molar-refractivity contribution in [2.45, 2.75) is 36.9 Å². The Morgan fingerprint density at radius 2 is 1.88 bits per heavy atom. The van der Waals surface area contributed by atoms with Gasteiger partial charge in [0.25, 0.3) is 0 Å². The minimum atomic E-state index is -0.170. The van der Waals surface area contributed by atoms with Crippen LogP contribution in [0.15, 0.2) is 40.7 Å². The number of nitrogens with one attached hydrogen (secondary N) is 1. The molecule has 2 fully saturated rings. The second kappa shape index (κ2) is 9.08. The summed E-state index contributed by atoms with van der Waals surface area (Å²) in [5, 5.41) is 3.46. The van der Waals surface area contributed by atoms with Crippen LogP contribution in [-0.2, 0) is 14.4 Å². The maximum atomic E-state index is 12.9. The van der Waals surface area contributed by atoms with Gasteiger partial charge in [-0.25, -0.2) is 4.98 Å². The highest BCUT2D eigenvalue weighted by Gasteiger charge is 2.48. The van der Waals surface area contributed by atoms with Gasteiger partial charge in [0, 0.05) is 10.7 Å². The summed E-state index contributed by atoms with van der Waals surface area (Å²) in [5.41, 5.74) is 3.04. The predicted molar refractivity (Wildman–Crippen MR) is 133 cm³/mol. The largest absolute Gasteiger partial charge is 0.325 e. The zero-order chi connectivity index (χ0) is 23.1. The van der Waals surface area contributed by atoms with Crippen molar-refractivity contribution in [3.63, 3.8) is 0 Å². The highest BCUT2D eigenvalue weighted by atomic mass is 35.5. The SMILES string of the molecule is Cc1ccc(Cl)cc1NC(=O)CSc1nc2ccc(N3C(=O)[C@H]4CCCC[C@@H]4C3=O)cc2s1. The molecule has 2 atom stereocenters. The molecule has 5 rings (SSSR count). The molecule has 1 aliphatic heterocycles. The number of carbonyl (C=O) groups is 3. The normalized spacial score (nSPS) is 20.4. The van der Waals surface area contributed by atoms with Crippen LogP contribution in [0.5, 0.6) is 0 Å². The number of rotatable bonds is 5. The minimum absolute atomic E-state index is 0.0730. The van der Waals surface area contributed by atoms with Gasteiger partial charge in [-0.3, -0.25) is 19.3 Å². The van der Waals surface area contributed by atoms with Gasteiger partial charge in [0.1, 0.15) is 0 Å². The van der Waals surface area contributed by atoms with Gasteiger partial charge in [-0.15, -0.1) is 11.3 Å². The smallest absolute Gasteiger partial charge is 0.237 e. The van der Waals surface area contributed by atoms with Gasteiger partial charge >= 0.3 is 0 Å². The molecule has 6 nitrogen and oxygen atoms in total. The van der Waals surface area contributed by atoms with Gasteiger partial charge in [0.15, 0.2) is 4.34 Å². The molecule has 2 aliphatic rings. The molecule has 1 saturated heterocycles. The van der Waals surface area contributed by atoms with E-state index in [2.05, 4.69) is 10.3 Å². The van der Waals surface area contributed by atoms with E-state index in [1.165, 1.54) is 28.0 Å². The van der Waals surface area contributed by atoms with E-state index in [9.17, 15) is 14.4 Å². The van der Waals surface area contributed by atoms with Crippen molar-refractivity contribution in [2.24, 2.45) is 11.8 Å². The summed E-state index contributed by atoms with van der Waals surface area (Å²) in [7, 11) is 0. The second-order valence-corrected chi connectivity index (χ2v) is 11.1. The Labute approximate surface area is 204 Å². The van der Waals surface area contributed by atoms with Crippen molar-refractivity contribution in [1.29, 1.82) is 0 Å². The molecule has 0 unspecified atom stereocenters. The average Bonchev–Trinajstić information content (AvgIpc) is 3.33. The number of hydrogen-bond donors (Lipinski definition) is 1. The quantitative estimate of drug-likeness (QED) is 0.361. The molecular weight excluding hydrogens is 478 g/mol. The van der Waals surface area contributed by atoms with Crippen molar-refractivity contribution in [2.75, 3.05) is 16.0 Å². The number of anilines is 2. The highest BCUT2D eigenvalue weighted by Crippen LogP contribution is 2.41. The fourth-order valence-electron chi connectivity index (χ4n) is 4.55. The van der Waals surface area contributed by atoms with Crippen LogP contribution >= 0.6 is 34.7 Å². The van der Waals surface area contributed by atoms with Crippen molar-refractivity contribution >= 4 is 74.0 Å². The van der Waals surface area contributed by atoms with E-state index in [4.69, 9.17) is 11.6 Å². The Hall–Kier alpha value is -2.42. The van der Waals surface area contributed by atoms with Gasteiger partial charge < -0.3 is 5.32 Å².